The van der Waals surface area contributed by atoms with Crippen molar-refractivity contribution in [1.82, 2.24) is 4.98 Å². The molecule has 0 aliphatic carbocycles. The molecule has 1 aliphatic heterocycles. The van der Waals surface area contributed by atoms with Crippen molar-refractivity contribution in [2.75, 3.05) is 11.2 Å². The molecule has 0 saturated carbocycles. The molecule has 0 fully saturated rings. The number of aliphatic hydroxyl groups is 1. The zero-order valence-electron chi connectivity index (χ0n) is 14.8. The standard InChI is InChI=1S/C14H12BN2S.C5H8O2.Pt/c1-18-15-9-11-17(14-8-4-5-10-16-14)13-7-3-2-6-12(13)15;1-4(6)3-5(2)7;/h2-10H,1H3;3,6H,1-2H3;/q-1;;/b;4-3-;. The average molecular weight is 546 g/mol. The van der Waals surface area contributed by atoms with Gasteiger partial charge >= 0.3 is 0 Å². The predicted octanol–water partition coefficient (Wildman–Crippen LogP) is 3.69. The SMILES string of the molecule is CC(=O)/C=C(/C)O.CSB1C=[C-]N(c2ccccn2)c2ccccc21.[Pt]. The topological polar surface area (TPSA) is 53.4 Å². The van der Waals surface area contributed by atoms with E-state index in [4.69, 9.17) is 5.11 Å². The fraction of sp³-hybridized carbons (Fsp3) is 0.158. The van der Waals surface area contributed by atoms with Crippen molar-refractivity contribution in [3.63, 3.8) is 0 Å². The van der Waals surface area contributed by atoms with Crippen LogP contribution in [0.15, 0.2) is 66.5 Å². The maximum atomic E-state index is 10.0. The van der Waals surface area contributed by atoms with Crippen LogP contribution in [0.2, 0.25) is 0 Å². The maximum absolute atomic E-state index is 10.0. The first-order valence-electron chi connectivity index (χ1n) is 7.83. The molecule has 0 saturated heterocycles. The molecule has 1 N–H and O–H groups in total. The molecule has 2 heterocycles. The van der Waals surface area contributed by atoms with Gasteiger partial charge in [0.25, 0.3) is 0 Å². The molecule has 1 aliphatic rings. The molecule has 0 amide bonds. The zero-order chi connectivity index (χ0) is 18.2. The number of benzene rings is 1. The number of hydrogen-bond donors (Lipinski definition) is 1. The quantitative estimate of drug-likeness (QED) is 0.276. The van der Waals surface area contributed by atoms with Gasteiger partial charge in [0, 0.05) is 39.2 Å². The molecule has 1 aromatic carbocycles. The molecule has 1 aromatic heterocycles. The molecule has 7 heteroatoms. The Kier molecular flexibility index (Phi) is 9.46. The fourth-order valence-electron chi connectivity index (χ4n) is 2.40. The van der Waals surface area contributed by atoms with E-state index in [0.717, 1.165) is 11.5 Å². The minimum Gasteiger partial charge on any atom is -0.512 e. The van der Waals surface area contributed by atoms with Gasteiger partial charge in [0.15, 0.2) is 5.78 Å². The molecule has 4 nitrogen and oxygen atoms in total. The second-order valence-electron chi connectivity index (χ2n) is 5.43. The average Bonchev–Trinajstić information content (AvgIpc) is 2.61. The number of ketones is 1. The maximum Gasteiger partial charge on any atom is 0.245 e. The van der Waals surface area contributed by atoms with Gasteiger partial charge in [-0.1, -0.05) is 47.5 Å². The molecule has 26 heavy (non-hydrogen) atoms. The van der Waals surface area contributed by atoms with Crippen molar-refractivity contribution < 1.29 is 31.0 Å². The van der Waals surface area contributed by atoms with E-state index in [0.29, 0.717) is 5.99 Å². The minimum atomic E-state index is -0.125. The number of anilines is 2. The van der Waals surface area contributed by atoms with Crippen LogP contribution in [0.3, 0.4) is 0 Å². The second kappa shape index (κ2) is 11.0. The van der Waals surface area contributed by atoms with Crippen LogP contribution in [0.25, 0.3) is 0 Å². The Bertz CT molecular complexity index is 780. The Morgan fingerprint density at radius 1 is 1.23 bits per heavy atom. The van der Waals surface area contributed by atoms with Crippen LogP contribution in [0.1, 0.15) is 13.8 Å². The van der Waals surface area contributed by atoms with Gasteiger partial charge in [-0.2, -0.15) is 0 Å². The van der Waals surface area contributed by atoms with Crippen LogP contribution in [-0.2, 0) is 25.9 Å². The molecule has 0 spiro atoms. The number of carbonyl (C=O) groups is 1. The zero-order valence-corrected chi connectivity index (χ0v) is 17.9. The fourth-order valence-corrected chi connectivity index (χ4v) is 3.05. The van der Waals surface area contributed by atoms with Crippen molar-refractivity contribution in [2.45, 2.75) is 13.8 Å². The number of para-hydroxylation sites is 1. The molecular formula is C19H20BN2O2PtS-. The molecule has 138 valence electrons. The number of nitrogens with zero attached hydrogens (tertiary/aromatic N) is 2. The van der Waals surface area contributed by atoms with E-state index in [2.05, 4.69) is 47.7 Å². The van der Waals surface area contributed by atoms with Gasteiger partial charge in [0.05, 0.1) is 5.76 Å². The van der Waals surface area contributed by atoms with E-state index >= 15 is 0 Å². The summed E-state index contributed by atoms with van der Waals surface area (Å²) < 4.78 is 0. The van der Waals surface area contributed by atoms with Gasteiger partial charge in [0.2, 0.25) is 5.99 Å². The molecule has 3 rings (SSSR count). The van der Waals surface area contributed by atoms with Gasteiger partial charge in [-0.15, -0.1) is 12.2 Å². The number of hydrogen-bond acceptors (Lipinski definition) is 5. The van der Waals surface area contributed by atoms with E-state index in [1.165, 1.54) is 25.4 Å². The van der Waals surface area contributed by atoms with Gasteiger partial charge < -0.3 is 15.0 Å². The normalized spacial score (nSPS) is 12.5. The molecule has 0 radical (unpaired) electrons. The van der Waals surface area contributed by atoms with Crippen LogP contribution in [0, 0.1) is 6.20 Å². The minimum absolute atomic E-state index is 0. The van der Waals surface area contributed by atoms with Crippen LogP contribution >= 0.6 is 11.6 Å². The smallest absolute Gasteiger partial charge is 0.245 e. The molecule has 2 aromatic rings. The van der Waals surface area contributed by atoms with Crippen LogP contribution in [0.5, 0.6) is 0 Å². The number of fused-ring (bicyclic) bond motifs is 1. The summed E-state index contributed by atoms with van der Waals surface area (Å²) in [6, 6.07) is 14.3. The first-order chi connectivity index (χ1) is 12.0. The van der Waals surface area contributed by atoms with Crippen LogP contribution < -0.4 is 10.4 Å². The second-order valence-corrected chi connectivity index (χ2v) is 6.41. The third-order valence-electron chi connectivity index (χ3n) is 3.38. The van der Waals surface area contributed by atoms with Gasteiger partial charge in [-0.05, 0) is 26.2 Å². The van der Waals surface area contributed by atoms with E-state index in [-0.39, 0.29) is 32.6 Å². The number of rotatable bonds is 3. The third-order valence-corrected chi connectivity index (χ3v) is 4.28. The van der Waals surface area contributed by atoms with Crippen LogP contribution in [0.4, 0.5) is 11.5 Å². The van der Waals surface area contributed by atoms with Crippen molar-refractivity contribution in [1.29, 1.82) is 0 Å². The molecule has 0 unspecified atom stereocenters. The Hall–Kier alpha value is -1.78. The summed E-state index contributed by atoms with van der Waals surface area (Å²) in [5.74, 6) is 3.32. The summed E-state index contributed by atoms with van der Waals surface area (Å²) >= 11 is 1.82. The van der Waals surface area contributed by atoms with E-state index < -0.39 is 0 Å². The number of aromatic nitrogens is 1. The molecule has 0 bridgehead atoms. The van der Waals surface area contributed by atoms with Crippen molar-refractivity contribution in [3.8, 4) is 0 Å². The summed E-state index contributed by atoms with van der Waals surface area (Å²) in [4.78, 5) is 16.4. The Morgan fingerprint density at radius 2 is 1.92 bits per heavy atom. The van der Waals surface area contributed by atoms with E-state index in [9.17, 15) is 4.79 Å². The van der Waals surface area contributed by atoms with Crippen LogP contribution in [-0.4, -0.2) is 28.1 Å². The monoisotopic (exact) mass is 546 g/mol. The summed E-state index contributed by atoms with van der Waals surface area (Å²) in [6.07, 6.45) is 8.41. The van der Waals surface area contributed by atoms with Gasteiger partial charge in [-0.25, -0.2) is 11.6 Å². The number of allylic oxidation sites excluding steroid dienone is 2. The number of carbonyl (C=O) groups excluding carboxylic acids is 1. The summed E-state index contributed by atoms with van der Waals surface area (Å²) in [5.41, 5.74) is 2.48. The molecule has 0 atom stereocenters. The first kappa shape index (κ1) is 22.3. The largest absolute Gasteiger partial charge is 0.512 e. The first-order valence-corrected chi connectivity index (χ1v) is 9.12. The Labute approximate surface area is 173 Å². The summed E-state index contributed by atoms with van der Waals surface area (Å²) in [5, 5.41) is 8.36. The van der Waals surface area contributed by atoms with Gasteiger partial charge in [0.1, 0.15) is 0 Å². The van der Waals surface area contributed by atoms with Crippen molar-refractivity contribution >= 4 is 40.4 Å². The van der Waals surface area contributed by atoms with Crippen molar-refractivity contribution in [2.24, 2.45) is 0 Å². The summed E-state index contributed by atoms with van der Waals surface area (Å²) in [6.45, 7) is 2.85. The number of aliphatic hydroxyl groups excluding tert-OH is 1. The van der Waals surface area contributed by atoms with Gasteiger partial charge in [-0.3, -0.25) is 4.79 Å². The molecular weight excluding hydrogens is 526 g/mol. The van der Waals surface area contributed by atoms with Crippen molar-refractivity contribution in [3.05, 3.63) is 72.7 Å². The van der Waals surface area contributed by atoms with E-state index in [1.54, 1.807) is 6.20 Å². The third kappa shape index (κ3) is 6.19. The Morgan fingerprint density at radius 3 is 2.46 bits per heavy atom. The number of pyridine rings is 1. The summed E-state index contributed by atoms with van der Waals surface area (Å²) in [7, 11) is 0. The van der Waals surface area contributed by atoms with E-state index in [1.807, 2.05) is 34.7 Å². The predicted molar refractivity (Wildman–Crippen MR) is 107 cm³/mol. The Balaban J connectivity index is 0.000000366.